The summed E-state index contributed by atoms with van der Waals surface area (Å²) in [5.74, 6) is 0.544. The molecule has 1 aromatic carbocycles. The van der Waals surface area contributed by atoms with Gasteiger partial charge in [0.15, 0.2) is 11.5 Å². The quantitative estimate of drug-likeness (QED) is 0.598. The predicted molar refractivity (Wildman–Crippen MR) is 123 cm³/mol. The van der Waals surface area contributed by atoms with Gasteiger partial charge >= 0.3 is 0 Å². The summed E-state index contributed by atoms with van der Waals surface area (Å²) in [4.78, 5) is 27.4. The molecule has 0 saturated heterocycles. The van der Waals surface area contributed by atoms with Gasteiger partial charge in [0.25, 0.3) is 11.8 Å². The van der Waals surface area contributed by atoms with Crippen molar-refractivity contribution in [2.75, 3.05) is 6.54 Å². The molecule has 0 radical (unpaired) electrons. The topological polar surface area (TPSA) is 75.4 Å². The molecule has 1 aromatic heterocycles. The predicted octanol–water partition coefficient (Wildman–Crippen LogP) is 5.19. The highest BCUT2D eigenvalue weighted by atomic mass is 16.5. The monoisotopic (exact) mass is 427 g/mol. The van der Waals surface area contributed by atoms with Gasteiger partial charge in [-0.3, -0.25) is 9.59 Å². The molecule has 0 aliphatic carbocycles. The van der Waals surface area contributed by atoms with Crippen LogP contribution in [0, 0.1) is 5.92 Å². The van der Waals surface area contributed by atoms with E-state index in [2.05, 4.69) is 45.1 Å². The van der Waals surface area contributed by atoms with E-state index in [-0.39, 0.29) is 35.5 Å². The summed E-state index contributed by atoms with van der Waals surface area (Å²) in [7, 11) is 0. The fraction of sp³-hybridized carbons (Fsp3) is 0.560. The molecular formula is C25H37N3O3. The molecule has 31 heavy (non-hydrogen) atoms. The van der Waals surface area contributed by atoms with Crippen LogP contribution in [0.2, 0.25) is 0 Å². The highest BCUT2D eigenvalue weighted by molar-refractivity contribution is 5.94. The molecule has 0 spiro atoms. The van der Waals surface area contributed by atoms with E-state index < -0.39 is 0 Å². The Kier molecular flexibility index (Phi) is 8.43. The Morgan fingerprint density at radius 1 is 1.10 bits per heavy atom. The zero-order valence-electron chi connectivity index (χ0n) is 20.0. The number of hydrogen-bond acceptors (Lipinski definition) is 4. The van der Waals surface area contributed by atoms with Crippen molar-refractivity contribution in [3.8, 4) is 0 Å². The molecule has 2 aromatic rings. The molecule has 170 valence electrons. The van der Waals surface area contributed by atoms with Crippen molar-refractivity contribution < 1.29 is 14.1 Å². The molecule has 2 amide bonds. The summed E-state index contributed by atoms with van der Waals surface area (Å²) in [5.41, 5.74) is 2.10. The number of rotatable bonds is 9. The number of carbonyl (C=O) groups is 2. The standard InChI is InChI=1S/C25H37N3O3/c1-8-20(9-2)28(24(30)18-10-12-19(13-11-18)25(5,6)7)16-21-14-22(27-31-21)23(29)26-15-17(3)4/h10-14,17,20H,8-9,15-16H2,1-7H3,(H,26,29). The molecule has 0 bridgehead atoms. The summed E-state index contributed by atoms with van der Waals surface area (Å²) < 4.78 is 5.41. The third-order valence-electron chi connectivity index (χ3n) is 5.43. The van der Waals surface area contributed by atoms with Gasteiger partial charge in [0.1, 0.15) is 0 Å². The van der Waals surface area contributed by atoms with Gasteiger partial charge in [-0.15, -0.1) is 0 Å². The summed E-state index contributed by atoms with van der Waals surface area (Å²) >= 11 is 0. The lowest BCUT2D eigenvalue weighted by molar-refractivity contribution is 0.0627. The minimum absolute atomic E-state index is 0.0308. The Morgan fingerprint density at radius 2 is 1.71 bits per heavy atom. The van der Waals surface area contributed by atoms with E-state index in [0.717, 1.165) is 12.8 Å². The summed E-state index contributed by atoms with van der Waals surface area (Å²) in [6, 6.07) is 9.51. The zero-order chi connectivity index (χ0) is 23.2. The van der Waals surface area contributed by atoms with Crippen molar-refractivity contribution in [1.29, 1.82) is 0 Å². The minimum Gasteiger partial charge on any atom is -0.359 e. The molecule has 6 heteroatoms. The number of benzene rings is 1. The SMILES string of the molecule is CCC(CC)N(Cc1cc(C(=O)NCC(C)C)no1)C(=O)c1ccc(C(C)(C)C)cc1. The maximum atomic E-state index is 13.4. The molecular weight excluding hydrogens is 390 g/mol. The first-order valence-electron chi connectivity index (χ1n) is 11.2. The van der Waals surface area contributed by atoms with Crippen molar-refractivity contribution in [1.82, 2.24) is 15.4 Å². The molecule has 0 saturated carbocycles. The fourth-order valence-corrected chi connectivity index (χ4v) is 3.42. The van der Waals surface area contributed by atoms with Crippen LogP contribution in [-0.2, 0) is 12.0 Å². The molecule has 0 aliphatic rings. The first-order chi connectivity index (χ1) is 14.6. The second-order valence-corrected chi connectivity index (χ2v) is 9.51. The average molecular weight is 428 g/mol. The molecule has 0 unspecified atom stereocenters. The Hall–Kier alpha value is -2.63. The molecule has 1 N–H and O–H groups in total. The van der Waals surface area contributed by atoms with Crippen LogP contribution in [0.3, 0.4) is 0 Å². The van der Waals surface area contributed by atoms with Crippen molar-refractivity contribution in [3.63, 3.8) is 0 Å². The Bertz CT molecular complexity index is 859. The van der Waals surface area contributed by atoms with Gasteiger partial charge < -0.3 is 14.7 Å². The second kappa shape index (κ2) is 10.6. The first kappa shape index (κ1) is 24.6. The number of hydrogen-bond donors (Lipinski definition) is 1. The lowest BCUT2D eigenvalue weighted by atomic mass is 9.86. The van der Waals surface area contributed by atoms with Gasteiger partial charge in [0.2, 0.25) is 0 Å². The number of amides is 2. The second-order valence-electron chi connectivity index (χ2n) is 9.51. The molecule has 1 heterocycles. The van der Waals surface area contributed by atoms with Crippen LogP contribution in [0.1, 0.15) is 93.5 Å². The molecule has 0 atom stereocenters. The number of nitrogens with one attached hydrogen (secondary N) is 1. The molecule has 2 rings (SSSR count). The van der Waals surface area contributed by atoms with Crippen LogP contribution in [0.4, 0.5) is 0 Å². The van der Waals surface area contributed by atoms with Crippen molar-refractivity contribution >= 4 is 11.8 Å². The third-order valence-corrected chi connectivity index (χ3v) is 5.43. The lowest BCUT2D eigenvalue weighted by Crippen LogP contribution is -2.39. The lowest BCUT2D eigenvalue weighted by Gasteiger charge is -2.30. The average Bonchev–Trinajstić information content (AvgIpc) is 3.20. The van der Waals surface area contributed by atoms with Crippen LogP contribution in [0.5, 0.6) is 0 Å². The van der Waals surface area contributed by atoms with E-state index in [1.165, 1.54) is 5.56 Å². The molecule has 6 nitrogen and oxygen atoms in total. The minimum atomic E-state index is -0.262. The smallest absolute Gasteiger partial charge is 0.273 e. The molecule has 0 aliphatic heterocycles. The van der Waals surface area contributed by atoms with Gasteiger partial charge in [-0.1, -0.05) is 65.8 Å². The van der Waals surface area contributed by atoms with Crippen LogP contribution in [0.25, 0.3) is 0 Å². The van der Waals surface area contributed by atoms with Crippen LogP contribution in [-0.4, -0.2) is 34.5 Å². The maximum Gasteiger partial charge on any atom is 0.273 e. The Morgan fingerprint density at radius 3 is 2.23 bits per heavy atom. The van der Waals surface area contributed by atoms with Crippen LogP contribution in [0.15, 0.2) is 34.9 Å². The largest absolute Gasteiger partial charge is 0.359 e. The highest BCUT2D eigenvalue weighted by Crippen LogP contribution is 2.24. The van der Waals surface area contributed by atoms with E-state index in [1.807, 2.05) is 43.0 Å². The summed E-state index contributed by atoms with van der Waals surface area (Å²) in [6.07, 6.45) is 1.66. The van der Waals surface area contributed by atoms with Gasteiger partial charge in [-0.2, -0.15) is 0 Å². The summed E-state index contributed by atoms with van der Waals surface area (Å²) in [6.45, 7) is 15.5. The van der Waals surface area contributed by atoms with Gasteiger partial charge in [-0.05, 0) is 41.9 Å². The Balaban J connectivity index is 2.21. The van der Waals surface area contributed by atoms with E-state index in [0.29, 0.717) is 23.8 Å². The van der Waals surface area contributed by atoms with Gasteiger partial charge in [0, 0.05) is 24.2 Å². The van der Waals surface area contributed by atoms with Gasteiger partial charge in [0.05, 0.1) is 6.54 Å². The van der Waals surface area contributed by atoms with E-state index in [1.54, 1.807) is 6.07 Å². The van der Waals surface area contributed by atoms with Crippen LogP contribution >= 0.6 is 0 Å². The van der Waals surface area contributed by atoms with E-state index in [4.69, 9.17) is 4.52 Å². The Labute approximate surface area is 186 Å². The van der Waals surface area contributed by atoms with Gasteiger partial charge in [-0.25, -0.2) is 0 Å². The maximum absolute atomic E-state index is 13.4. The van der Waals surface area contributed by atoms with Crippen molar-refractivity contribution in [3.05, 3.63) is 52.9 Å². The van der Waals surface area contributed by atoms with Crippen LogP contribution < -0.4 is 5.32 Å². The summed E-state index contributed by atoms with van der Waals surface area (Å²) in [5, 5.41) is 6.74. The first-order valence-corrected chi connectivity index (χ1v) is 11.2. The number of carbonyl (C=O) groups excluding carboxylic acids is 2. The highest BCUT2D eigenvalue weighted by Gasteiger charge is 2.25. The zero-order valence-corrected chi connectivity index (χ0v) is 20.0. The van der Waals surface area contributed by atoms with Crippen molar-refractivity contribution in [2.45, 2.75) is 79.3 Å². The van der Waals surface area contributed by atoms with Crippen molar-refractivity contribution in [2.24, 2.45) is 5.92 Å². The number of aromatic nitrogens is 1. The number of nitrogens with zero attached hydrogens (tertiary/aromatic N) is 2. The fourth-order valence-electron chi connectivity index (χ4n) is 3.42. The van der Waals surface area contributed by atoms with E-state index >= 15 is 0 Å². The molecule has 0 fully saturated rings. The van der Waals surface area contributed by atoms with E-state index in [9.17, 15) is 9.59 Å². The third kappa shape index (κ3) is 6.68. The normalized spacial score (nSPS) is 11.8.